The number of rotatable bonds is 11. The molecule has 5 aromatic rings. The average molecular weight is 1030 g/mol. The number of esters is 2. The molecule has 0 heterocycles. The maximum absolute atomic E-state index is 12.5. The van der Waals surface area contributed by atoms with Crippen LogP contribution in [-0.4, -0.2) is 45.2 Å². The first-order valence-corrected chi connectivity index (χ1v) is 26.2. The Kier molecular flexibility index (Phi) is 18.2. The summed E-state index contributed by atoms with van der Waals surface area (Å²) in [6.45, 7) is 17.9. The molecule has 13 heteroatoms. The average Bonchev–Trinajstić information content (AvgIpc) is 3.63. The van der Waals surface area contributed by atoms with Crippen LogP contribution in [0.5, 0.6) is 11.5 Å². The Morgan fingerprint density at radius 3 is 1.51 bits per heavy atom. The zero-order valence-electron chi connectivity index (χ0n) is 44.1. The number of hydrogen-bond donors (Lipinski definition) is 3. The van der Waals surface area contributed by atoms with Gasteiger partial charge >= 0.3 is 29.9 Å². The quantitative estimate of drug-likeness (QED) is 0.0686. The van der Waals surface area contributed by atoms with Crippen LogP contribution in [0.4, 0.5) is 26.3 Å². The Bertz CT molecular complexity index is 2570. The highest BCUT2D eigenvalue weighted by Crippen LogP contribution is 2.62. The lowest BCUT2D eigenvalue weighted by Crippen LogP contribution is -2.62. The molecular weight excluding hydrogens is 959 g/mol. The van der Waals surface area contributed by atoms with Crippen LogP contribution < -0.4 is 4.74 Å². The maximum atomic E-state index is 12.5. The Hall–Kier alpha value is -5.40. The van der Waals surface area contributed by atoms with Crippen molar-refractivity contribution in [3.63, 3.8) is 0 Å². The van der Waals surface area contributed by atoms with E-state index in [9.17, 15) is 41.0 Å². The van der Waals surface area contributed by atoms with Crippen molar-refractivity contribution in [1.82, 2.24) is 0 Å². The highest BCUT2D eigenvalue weighted by atomic mass is 19.4. The first-order valence-electron chi connectivity index (χ1n) is 26.2. The van der Waals surface area contributed by atoms with E-state index in [2.05, 4.69) is 93.1 Å². The second-order valence-electron chi connectivity index (χ2n) is 21.9. The largest absolute Gasteiger partial charge is 0.508 e. The van der Waals surface area contributed by atoms with Gasteiger partial charge in [-0.15, -0.1) is 0 Å². The van der Waals surface area contributed by atoms with Crippen molar-refractivity contribution in [3.05, 3.63) is 143 Å². The number of hydrogen-bond acceptors (Lipinski definition) is 7. The Balaban J connectivity index is 0.000000164. The number of aliphatic hydroxyl groups is 2. The van der Waals surface area contributed by atoms with Crippen molar-refractivity contribution < 1.29 is 60.7 Å². The summed E-state index contributed by atoms with van der Waals surface area (Å²) in [5.74, 6) is 2.60. The van der Waals surface area contributed by atoms with Crippen molar-refractivity contribution in [2.45, 2.75) is 168 Å². The molecule has 5 aliphatic rings. The summed E-state index contributed by atoms with van der Waals surface area (Å²) in [7, 11) is 0. The van der Waals surface area contributed by atoms with Gasteiger partial charge in [-0.2, -0.15) is 26.3 Å². The molecule has 4 saturated carbocycles. The molecule has 402 valence electrons. The second-order valence-corrected chi connectivity index (χ2v) is 21.9. The molecule has 0 amide bonds. The van der Waals surface area contributed by atoms with Gasteiger partial charge in [-0.3, -0.25) is 4.79 Å². The minimum atomic E-state index is -6.25. The first-order chi connectivity index (χ1) is 34.7. The molecule has 0 aromatic heterocycles. The van der Waals surface area contributed by atoms with Crippen LogP contribution in [0.3, 0.4) is 0 Å². The predicted molar refractivity (Wildman–Crippen MR) is 277 cm³/mol. The van der Waals surface area contributed by atoms with Crippen molar-refractivity contribution in [3.8, 4) is 11.5 Å². The minimum Gasteiger partial charge on any atom is -0.508 e. The molecule has 4 unspecified atom stereocenters. The molecule has 0 saturated heterocycles. The van der Waals surface area contributed by atoms with Crippen molar-refractivity contribution >= 4 is 22.7 Å². The molecule has 4 bridgehead atoms. The van der Waals surface area contributed by atoms with Gasteiger partial charge in [0.25, 0.3) is 0 Å². The highest BCUT2D eigenvalue weighted by molar-refractivity contribution is 5.92. The van der Waals surface area contributed by atoms with Gasteiger partial charge in [0.2, 0.25) is 0 Å². The van der Waals surface area contributed by atoms with E-state index in [4.69, 9.17) is 14.9 Å². The third kappa shape index (κ3) is 12.3. The Morgan fingerprint density at radius 1 is 0.649 bits per heavy atom. The number of phenols is 1. The molecular formula is C61H74F6O7. The smallest absolute Gasteiger partial charge is 0.437 e. The summed E-state index contributed by atoms with van der Waals surface area (Å²) in [6, 6.07) is 34.5. The highest BCUT2D eigenvalue weighted by Gasteiger charge is 2.76. The maximum Gasteiger partial charge on any atom is 0.437 e. The number of alkyl halides is 6. The molecule has 7 nitrogen and oxygen atoms in total. The van der Waals surface area contributed by atoms with E-state index in [1.165, 1.54) is 95.8 Å². The monoisotopic (exact) mass is 1030 g/mol. The second kappa shape index (κ2) is 23.2. The van der Waals surface area contributed by atoms with Crippen molar-refractivity contribution in [2.75, 3.05) is 0 Å². The number of carbonyl (C=O) groups is 2. The SMILES string of the molecule is CC1c2cccc3cccc(c23)C1C.CCC(C)(C)C(=O)Oc1ccc(O)cc1.CCC(C)c1ccc(C2(O)C3CC4CC(C3)CC2C4)cc1.CCC(C)c1ccc(COC(=O)C(O)(C(F)(F)F)C(F)(F)F)cc1. The summed E-state index contributed by atoms with van der Waals surface area (Å²) < 4.78 is 84.1. The third-order valence-electron chi connectivity index (χ3n) is 16.8. The summed E-state index contributed by atoms with van der Waals surface area (Å²) in [4.78, 5) is 22.9. The van der Waals surface area contributed by atoms with Crippen LogP contribution in [0.1, 0.15) is 171 Å². The predicted octanol–water partition coefficient (Wildman–Crippen LogP) is 15.7. The minimum absolute atomic E-state index is 0.157. The molecule has 4 fully saturated rings. The van der Waals surface area contributed by atoms with Gasteiger partial charge in [0.15, 0.2) is 0 Å². The summed E-state index contributed by atoms with van der Waals surface area (Å²) >= 11 is 0. The van der Waals surface area contributed by atoms with E-state index < -0.39 is 41.5 Å². The molecule has 0 aliphatic heterocycles. The molecule has 5 aliphatic carbocycles. The van der Waals surface area contributed by atoms with E-state index in [0.29, 0.717) is 35.3 Å². The lowest BCUT2D eigenvalue weighted by Gasteiger charge is -2.59. The summed E-state index contributed by atoms with van der Waals surface area (Å²) in [5, 5.41) is 32.4. The van der Waals surface area contributed by atoms with E-state index >= 15 is 0 Å². The molecule has 0 radical (unpaired) electrons. The van der Waals surface area contributed by atoms with Crippen LogP contribution in [0.25, 0.3) is 10.8 Å². The first kappa shape index (κ1) is 57.9. The molecule has 74 heavy (non-hydrogen) atoms. The van der Waals surface area contributed by atoms with Crippen LogP contribution in [0.15, 0.2) is 109 Å². The number of benzene rings is 5. The number of aromatic hydroxyl groups is 1. The fraction of sp³-hybridized carbons (Fsp3) is 0.508. The van der Waals surface area contributed by atoms with Crippen molar-refractivity contribution in [1.29, 1.82) is 0 Å². The number of ether oxygens (including phenoxy) is 2. The molecule has 0 spiro atoms. The lowest BCUT2D eigenvalue weighted by atomic mass is 9.48. The normalized spacial score (nSPS) is 23.5. The van der Waals surface area contributed by atoms with Gasteiger partial charge in [0, 0.05) is 0 Å². The number of phenolic OH excluding ortho intramolecular Hbond substituents is 1. The van der Waals surface area contributed by atoms with Crippen LogP contribution >= 0.6 is 0 Å². The molecule has 5 aromatic carbocycles. The lowest BCUT2D eigenvalue weighted by molar-refractivity contribution is -0.357. The van der Waals surface area contributed by atoms with Gasteiger partial charge in [0.05, 0.1) is 11.0 Å². The zero-order valence-corrected chi connectivity index (χ0v) is 44.1. The van der Waals surface area contributed by atoms with E-state index in [0.717, 1.165) is 30.2 Å². The fourth-order valence-corrected chi connectivity index (χ4v) is 11.1. The van der Waals surface area contributed by atoms with Gasteiger partial charge in [0.1, 0.15) is 18.1 Å². The third-order valence-corrected chi connectivity index (χ3v) is 16.8. The standard InChI is InChI=1S/C20H28O.C15H16F6O3.C14H14.C12H16O3/c1-3-13(2)16-4-6-17(7-5-16)20(21)18-9-14-8-15(11-18)12-19(20)10-14;1-3-9(2)11-6-4-10(5-7-11)8-24-12(22)13(23,14(16,17)18)15(19,20)21;1-9-10(2)13-8-4-6-11-5-3-7-12(9)14(11)13;1-4-12(2,3)11(14)15-10-7-5-9(13)6-8-10/h4-7,13-15,18-19,21H,3,8-12H2,1-2H3;4-7,9,23H,3,8H2,1-2H3;3-10H,1-2H3;5-8,13H,4H2,1-3H3. The van der Waals surface area contributed by atoms with Crippen LogP contribution in [0, 0.1) is 29.1 Å². The molecule has 10 rings (SSSR count). The van der Waals surface area contributed by atoms with Crippen LogP contribution in [-0.2, 0) is 26.5 Å². The van der Waals surface area contributed by atoms with E-state index in [1.807, 2.05) is 34.6 Å². The Labute approximate surface area is 432 Å². The fourth-order valence-electron chi connectivity index (χ4n) is 11.1. The van der Waals surface area contributed by atoms with Crippen LogP contribution in [0.2, 0.25) is 0 Å². The van der Waals surface area contributed by atoms with Gasteiger partial charge in [-0.25, -0.2) is 4.79 Å². The van der Waals surface area contributed by atoms with Crippen molar-refractivity contribution in [2.24, 2.45) is 29.1 Å². The number of carbonyl (C=O) groups excluding carboxylic acids is 2. The topological polar surface area (TPSA) is 113 Å². The zero-order chi connectivity index (χ0) is 54.6. The van der Waals surface area contributed by atoms with Gasteiger partial charge in [-0.1, -0.05) is 133 Å². The molecule has 4 atom stereocenters. The Morgan fingerprint density at radius 2 is 1.09 bits per heavy atom. The van der Waals surface area contributed by atoms with E-state index in [1.54, 1.807) is 24.3 Å². The van der Waals surface area contributed by atoms with E-state index in [-0.39, 0.29) is 23.2 Å². The summed E-state index contributed by atoms with van der Waals surface area (Å²) in [6.07, 6.45) is -3.26. The summed E-state index contributed by atoms with van der Waals surface area (Å²) in [5.41, 5.74) is 0.237. The number of halogens is 6. The van der Waals surface area contributed by atoms with Gasteiger partial charge in [-0.05, 0) is 181 Å². The van der Waals surface area contributed by atoms with Gasteiger partial charge < -0.3 is 24.8 Å². The molecule has 3 N–H and O–H groups in total.